The quantitative estimate of drug-likeness (QED) is 0.784. The van der Waals surface area contributed by atoms with Crippen LogP contribution in [0.5, 0.6) is 5.75 Å². The Bertz CT molecular complexity index is 752. The Labute approximate surface area is 111 Å². The highest BCUT2D eigenvalue weighted by atomic mass is 19.4. The molecule has 0 aliphatic heterocycles. The van der Waals surface area contributed by atoms with Crippen LogP contribution in [-0.2, 0) is 0 Å². The first-order chi connectivity index (χ1) is 9.53. The van der Waals surface area contributed by atoms with Crippen molar-refractivity contribution >= 4 is 11.0 Å². The summed E-state index contributed by atoms with van der Waals surface area (Å²) in [5.74, 6) is -0.270. The third-order valence-corrected chi connectivity index (χ3v) is 2.75. The van der Waals surface area contributed by atoms with Crippen LogP contribution >= 0.6 is 0 Å². The van der Waals surface area contributed by atoms with Crippen molar-refractivity contribution in [2.24, 2.45) is 0 Å². The van der Waals surface area contributed by atoms with Gasteiger partial charge in [0.1, 0.15) is 5.75 Å². The van der Waals surface area contributed by atoms with E-state index < -0.39 is 6.36 Å². The second-order valence-corrected chi connectivity index (χ2v) is 4.09. The number of aromatic amines is 2. The van der Waals surface area contributed by atoms with Gasteiger partial charge in [0.05, 0.1) is 11.6 Å². The number of hydrogen-bond acceptors (Lipinski definition) is 2. The number of halogens is 3. The molecule has 0 spiro atoms. The molecule has 2 N–H and O–H groups in total. The van der Waals surface area contributed by atoms with Crippen molar-refractivity contribution in [3.8, 4) is 17.0 Å². The predicted octanol–water partition coefficient (Wildman–Crippen LogP) is 2.94. The molecule has 0 amide bonds. The Morgan fingerprint density at radius 1 is 1.20 bits per heavy atom. The van der Waals surface area contributed by atoms with E-state index >= 15 is 0 Å². The summed E-state index contributed by atoms with van der Waals surface area (Å²) in [4.78, 5) is 10.1. The van der Waals surface area contributed by atoms with Crippen molar-refractivity contribution in [2.75, 3.05) is 0 Å². The van der Waals surface area contributed by atoms with Gasteiger partial charge in [0.25, 0.3) is 0 Å². The van der Waals surface area contributed by atoms with Gasteiger partial charge in [0.2, 0.25) is 12.0 Å². The fraction of sp³-hybridized carbons (Fsp3) is 0.0769. The molecule has 3 rings (SSSR count). The Morgan fingerprint density at radius 3 is 2.85 bits per heavy atom. The number of aromatic nitrogens is 3. The number of H-pyrrole nitrogens is 2. The number of ether oxygens (including phenoxy) is 1. The fourth-order valence-electron chi connectivity index (χ4n) is 1.99. The largest absolute Gasteiger partial charge is 0.573 e. The van der Waals surface area contributed by atoms with E-state index in [4.69, 9.17) is 0 Å². The lowest BCUT2D eigenvalue weighted by atomic mass is 10.1. The molecule has 102 valence electrons. The van der Waals surface area contributed by atoms with Crippen molar-refractivity contribution < 1.29 is 22.9 Å². The van der Waals surface area contributed by atoms with Crippen LogP contribution in [0.4, 0.5) is 13.2 Å². The van der Waals surface area contributed by atoms with Gasteiger partial charge >= 0.3 is 6.36 Å². The molecule has 2 heterocycles. The predicted molar refractivity (Wildman–Crippen MR) is 64.8 cm³/mol. The third-order valence-electron chi connectivity index (χ3n) is 2.75. The van der Waals surface area contributed by atoms with Crippen LogP contribution in [-0.4, -0.2) is 16.3 Å². The highest BCUT2D eigenvalue weighted by Gasteiger charge is 2.31. The summed E-state index contributed by atoms with van der Waals surface area (Å²) in [6.45, 7) is 0. The van der Waals surface area contributed by atoms with Crippen molar-refractivity contribution in [2.45, 2.75) is 6.36 Å². The lowest BCUT2D eigenvalue weighted by Crippen LogP contribution is -2.17. The van der Waals surface area contributed by atoms with Crippen LogP contribution in [0.2, 0.25) is 0 Å². The number of nitrogens with one attached hydrogen (secondary N) is 2. The minimum absolute atomic E-state index is 0.270. The summed E-state index contributed by atoms with van der Waals surface area (Å²) in [5, 5.41) is 0.789. The molecule has 2 aromatic heterocycles. The van der Waals surface area contributed by atoms with Gasteiger partial charge in [-0.1, -0.05) is 12.1 Å². The molecule has 0 saturated heterocycles. The molecular formula is C13H9F3N3O+. The Kier molecular flexibility index (Phi) is 2.81. The first-order valence-electron chi connectivity index (χ1n) is 5.73. The molecule has 1 aromatic carbocycles. The maximum atomic E-state index is 12.2. The maximum absolute atomic E-state index is 12.2. The highest BCUT2D eigenvalue weighted by Crippen LogP contribution is 2.29. The van der Waals surface area contributed by atoms with Crippen molar-refractivity contribution in [3.63, 3.8) is 0 Å². The molecule has 0 fully saturated rings. The average Bonchev–Trinajstić information content (AvgIpc) is 2.85. The number of hydrogen-bond donors (Lipinski definition) is 1. The van der Waals surface area contributed by atoms with Gasteiger partial charge in [-0.15, -0.1) is 18.2 Å². The Hall–Kier alpha value is -2.57. The summed E-state index contributed by atoms with van der Waals surface area (Å²) in [5.41, 5.74) is 1.87. The Morgan fingerprint density at radius 2 is 2.05 bits per heavy atom. The lowest BCUT2D eigenvalue weighted by Gasteiger charge is -2.09. The summed E-state index contributed by atoms with van der Waals surface area (Å²) in [7, 11) is 0. The van der Waals surface area contributed by atoms with E-state index in [-0.39, 0.29) is 5.75 Å². The molecule has 0 aliphatic carbocycles. The number of alkyl halides is 3. The minimum atomic E-state index is -4.71. The topological polar surface area (TPSA) is 52.1 Å². The van der Waals surface area contributed by atoms with Crippen LogP contribution in [0, 0.1) is 0 Å². The minimum Gasteiger partial charge on any atom is -0.406 e. The lowest BCUT2D eigenvalue weighted by molar-refractivity contribution is -0.352. The number of nitrogens with zero attached hydrogens (tertiary/aromatic N) is 1. The molecule has 0 radical (unpaired) electrons. The smallest absolute Gasteiger partial charge is 0.406 e. The molecule has 0 saturated carbocycles. The number of benzene rings is 1. The zero-order valence-electron chi connectivity index (χ0n) is 10.0. The van der Waals surface area contributed by atoms with Gasteiger partial charge in [-0.2, -0.15) is 0 Å². The van der Waals surface area contributed by atoms with E-state index in [2.05, 4.69) is 19.7 Å². The van der Waals surface area contributed by atoms with E-state index in [1.165, 1.54) is 24.5 Å². The molecule has 7 heteroatoms. The standard InChI is InChI=1S/C13H8F3N3O/c14-13(15,16)20-9-3-1-2-8(6-9)11-10-4-5-17-12(10)19-7-18-11/h1-7H,(H,17,18,19)/p+1. The summed E-state index contributed by atoms with van der Waals surface area (Å²) >= 11 is 0. The van der Waals surface area contributed by atoms with Gasteiger partial charge in [-0.3, -0.25) is 4.98 Å². The van der Waals surface area contributed by atoms with E-state index in [1.54, 1.807) is 18.3 Å². The molecule has 3 aromatic rings. The van der Waals surface area contributed by atoms with Crippen LogP contribution < -0.4 is 9.72 Å². The van der Waals surface area contributed by atoms with Crippen molar-refractivity contribution in [3.05, 3.63) is 42.9 Å². The second kappa shape index (κ2) is 4.52. The van der Waals surface area contributed by atoms with Crippen molar-refractivity contribution in [1.29, 1.82) is 0 Å². The fourth-order valence-corrected chi connectivity index (χ4v) is 1.99. The Balaban J connectivity index is 2.06. The zero-order chi connectivity index (χ0) is 14.2. The molecular weight excluding hydrogens is 271 g/mol. The molecule has 0 unspecified atom stereocenters. The van der Waals surface area contributed by atoms with Crippen molar-refractivity contribution in [1.82, 2.24) is 9.97 Å². The molecule has 0 aliphatic rings. The molecule has 0 atom stereocenters. The van der Waals surface area contributed by atoms with Crippen LogP contribution in [0.25, 0.3) is 22.3 Å². The maximum Gasteiger partial charge on any atom is 0.573 e. The monoisotopic (exact) mass is 280 g/mol. The van der Waals surface area contributed by atoms with Crippen LogP contribution in [0.1, 0.15) is 0 Å². The summed E-state index contributed by atoms with van der Waals surface area (Å²) < 4.78 is 40.6. The normalized spacial score (nSPS) is 11.8. The zero-order valence-corrected chi connectivity index (χ0v) is 10.0. The highest BCUT2D eigenvalue weighted by molar-refractivity contribution is 5.88. The molecule has 0 bridgehead atoms. The molecule has 4 nitrogen and oxygen atoms in total. The first-order valence-corrected chi connectivity index (χ1v) is 5.73. The van der Waals surface area contributed by atoms with E-state index in [0.717, 1.165) is 11.0 Å². The van der Waals surface area contributed by atoms with Crippen LogP contribution in [0.3, 0.4) is 0 Å². The van der Waals surface area contributed by atoms with E-state index in [0.29, 0.717) is 11.3 Å². The second-order valence-electron chi connectivity index (χ2n) is 4.09. The van der Waals surface area contributed by atoms with Gasteiger partial charge < -0.3 is 4.74 Å². The van der Waals surface area contributed by atoms with E-state index in [9.17, 15) is 13.2 Å². The van der Waals surface area contributed by atoms with E-state index in [1.807, 2.05) is 0 Å². The SMILES string of the molecule is FC(F)(F)Oc1cccc(-c2nc[nH+]c3[nH]ccc23)c1. The summed E-state index contributed by atoms with van der Waals surface area (Å²) in [6.07, 6.45) is -1.51. The van der Waals surface area contributed by atoms with Crippen LogP contribution in [0.15, 0.2) is 42.9 Å². The molecule has 20 heavy (non-hydrogen) atoms. The van der Waals surface area contributed by atoms with Gasteiger partial charge in [0.15, 0.2) is 5.69 Å². The number of fused-ring (bicyclic) bond motifs is 1. The first kappa shape index (κ1) is 12.5. The van der Waals surface area contributed by atoms with Gasteiger partial charge in [-0.25, -0.2) is 4.98 Å². The van der Waals surface area contributed by atoms with Gasteiger partial charge in [-0.05, 0) is 18.2 Å². The average molecular weight is 280 g/mol. The number of rotatable bonds is 2. The van der Waals surface area contributed by atoms with Gasteiger partial charge in [0, 0.05) is 5.56 Å². The third kappa shape index (κ3) is 2.42. The summed E-state index contributed by atoms with van der Waals surface area (Å²) in [6, 6.07) is 7.53.